The highest BCUT2D eigenvalue weighted by Gasteiger charge is 2.22. The van der Waals surface area contributed by atoms with Gasteiger partial charge >= 0.3 is 0 Å². The Balaban J connectivity index is 2.23. The maximum absolute atomic E-state index is 12.3. The molecule has 0 aliphatic rings. The molecule has 0 atom stereocenters. The summed E-state index contributed by atoms with van der Waals surface area (Å²) in [7, 11) is 0. The van der Waals surface area contributed by atoms with Gasteiger partial charge in [0.1, 0.15) is 5.75 Å². The van der Waals surface area contributed by atoms with E-state index in [-0.39, 0.29) is 22.0 Å². The smallest absolute Gasteiger partial charge is 0.197 e. The van der Waals surface area contributed by atoms with Crippen LogP contribution in [0.2, 0.25) is 5.02 Å². The Labute approximate surface area is 139 Å². The van der Waals surface area contributed by atoms with Gasteiger partial charge in [-0.2, -0.15) is 0 Å². The number of benzene rings is 1. The Morgan fingerprint density at radius 2 is 2.05 bits per heavy atom. The molecule has 0 bridgehead atoms. The maximum atomic E-state index is 12.3. The summed E-state index contributed by atoms with van der Waals surface area (Å²) in [6.07, 6.45) is 3.19. The Kier molecular flexibility index (Phi) is 4.73. The van der Waals surface area contributed by atoms with Gasteiger partial charge < -0.3 is 5.11 Å². The number of ketones is 1. The van der Waals surface area contributed by atoms with E-state index in [0.29, 0.717) is 4.88 Å². The first-order valence-corrected chi connectivity index (χ1v) is 8.07. The summed E-state index contributed by atoms with van der Waals surface area (Å²) >= 11 is 7.29. The largest absolute Gasteiger partial charge is 0.506 e. The second kappa shape index (κ2) is 6.23. The fourth-order valence-electron chi connectivity index (χ4n) is 1.82. The lowest BCUT2D eigenvalue weighted by atomic mass is 9.98. The van der Waals surface area contributed by atoms with E-state index >= 15 is 0 Å². The molecule has 0 saturated heterocycles. The molecule has 3 nitrogen and oxygen atoms in total. The monoisotopic (exact) mass is 335 g/mol. The van der Waals surface area contributed by atoms with Crippen LogP contribution in [0.3, 0.4) is 0 Å². The van der Waals surface area contributed by atoms with Crippen molar-refractivity contribution < 1.29 is 9.90 Å². The number of aromatic hydroxyl groups is 1. The van der Waals surface area contributed by atoms with Gasteiger partial charge in [0.15, 0.2) is 5.78 Å². The van der Waals surface area contributed by atoms with Crippen LogP contribution in [0.1, 0.15) is 46.7 Å². The molecule has 0 amide bonds. The van der Waals surface area contributed by atoms with E-state index in [1.807, 2.05) is 6.92 Å². The van der Waals surface area contributed by atoms with E-state index in [1.54, 1.807) is 18.2 Å². The number of thiazole rings is 1. The number of carbonyl (C=O) groups is 1. The second-order valence-electron chi connectivity index (χ2n) is 6.09. The van der Waals surface area contributed by atoms with Crippen LogP contribution in [-0.2, 0) is 5.41 Å². The van der Waals surface area contributed by atoms with Crippen molar-refractivity contribution in [2.24, 2.45) is 0 Å². The molecule has 0 aliphatic heterocycles. The van der Waals surface area contributed by atoms with Crippen LogP contribution in [0.5, 0.6) is 5.75 Å². The number of halogens is 1. The van der Waals surface area contributed by atoms with Crippen LogP contribution in [0.25, 0.3) is 6.08 Å². The third kappa shape index (κ3) is 3.76. The second-order valence-corrected chi connectivity index (χ2v) is 7.50. The fraction of sp³-hybridized carbons (Fsp3) is 0.294. The first kappa shape index (κ1) is 16.7. The molecule has 0 aliphatic carbocycles. The molecule has 0 spiro atoms. The molecule has 116 valence electrons. The number of hydrogen-bond acceptors (Lipinski definition) is 4. The minimum atomic E-state index is -0.0744. The Bertz CT molecular complexity index is 742. The van der Waals surface area contributed by atoms with Crippen LogP contribution in [0, 0.1) is 6.92 Å². The van der Waals surface area contributed by atoms with Gasteiger partial charge in [-0.3, -0.25) is 4.79 Å². The van der Waals surface area contributed by atoms with Gasteiger partial charge in [-0.1, -0.05) is 44.5 Å². The minimum absolute atomic E-state index is 0.0262. The van der Waals surface area contributed by atoms with Crippen molar-refractivity contribution in [3.8, 4) is 5.75 Å². The summed E-state index contributed by atoms with van der Waals surface area (Å²) < 4.78 is 0. The Morgan fingerprint density at radius 1 is 1.36 bits per heavy atom. The zero-order valence-electron chi connectivity index (χ0n) is 13.0. The molecule has 5 heteroatoms. The Hall–Kier alpha value is -1.65. The number of aromatic nitrogens is 1. The highest BCUT2D eigenvalue weighted by molar-refractivity contribution is 7.14. The molecule has 1 aromatic heterocycles. The van der Waals surface area contributed by atoms with Crippen LogP contribution in [0.15, 0.2) is 24.3 Å². The SMILES string of the molecule is Cc1nc(C(C)(C)C)sc1C(=O)C=Cc1ccc(O)c(Cl)c1. The predicted molar refractivity (Wildman–Crippen MR) is 92.0 cm³/mol. The van der Waals surface area contributed by atoms with E-state index in [1.165, 1.54) is 23.5 Å². The lowest BCUT2D eigenvalue weighted by molar-refractivity contribution is 0.105. The first-order valence-electron chi connectivity index (χ1n) is 6.87. The third-order valence-electron chi connectivity index (χ3n) is 3.06. The molecule has 0 saturated carbocycles. The number of phenols is 1. The topological polar surface area (TPSA) is 50.2 Å². The van der Waals surface area contributed by atoms with Gasteiger partial charge in [-0.05, 0) is 30.7 Å². The average molecular weight is 336 g/mol. The van der Waals surface area contributed by atoms with E-state index in [9.17, 15) is 9.90 Å². The summed E-state index contributed by atoms with van der Waals surface area (Å²) in [6, 6.07) is 4.81. The highest BCUT2D eigenvalue weighted by Crippen LogP contribution is 2.30. The summed E-state index contributed by atoms with van der Waals surface area (Å²) in [5, 5.41) is 10.6. The number of carbonyl (C=O) groups excluding carboxylic acids is 1. The zero-order chi connectivity index (χ0) is 16.5. The van der Waals surface area contributed by atoms with Gasteiger partial charge in [0.2, 0.25) is 0 Å². The van der Waals surface area contributed by atoms with Gasteiger partial charge in [0, 0.05) is 5.41 Å². The molecule has 22 heavy (non-hydrogen) atoms. The molecule has 1 heterocycles. The minimum Gasteiger partial charge on any atom is -0.506 e. The van der Waals surface area contributed by atoms with Gasteiger partial charge in [-0.25, -0.2) is 4.98 Å². The van der Waals surface area contributed by atoms with E-state index < -0.39 is 0 Å². The quantitative estimate of drug-likeness (QED) is 0.634. The first-order chi connectivity index (χ1) is 10.2. The zero-order valence-corrected chi connectivity index (χ0v) is 14.5. The maximum Gasteiger partial charge on any atom is 0.197 e. The molecular formula is C17H18ClNO2S. The normalized spacial score (nSPS) is 12.0. The standard InChI is InChI=1S/C17H18ClNO2S/c1-10-15(22-16(19-10)17(2,3)4)14(21)8-6-11-5-7-13(20)12(18)9-11/h5-9,20H,1-4H3. The number of hydrogen-bond donors (Lipinski definition) is 1. The molecule has 1 N–H and O–H groups in total. The van der Waals surface area contributed by atoms with Crippen molar-refractivity contribution in [3.63, 3.8) is 0 Å². The van der Waals surface area contributed by atoms with Gasteiger partial charge in [0.25, 0.3) is 0 Å². The van der Waals surface area contributed by atoms with Crippen LogP contribution in [-0.4, -0.2) is 15.9 Å². The molecule has 1 aromatic carbocycles. The summed E-state index contributed by atoms with van der Waals surface area (Å²) in [5.41, 5.74) is 1.45. The average Bonchev–Trinajstić information content (AvgIpc) is 2.82. The number of aryl methyl sites for hydroxylation is 1. The summed E-state index contributed by atoms with van der Waals surface area (Å²) in [6.45, 7) is 8.08. The molecule has 0 radical (unpaired) electrons. The van der Waals surface area contributed by atoms with Crippen molar-refractivity contribution in [1.29, 1.82) is 0 Å². The molecular weight excluding hydrogens is 318 g/mol. The van der Waals surface area contributed by atoms with Gasteiger partial charge in [-0.15, -0.1) is 11.3 Å². The van der Waals surface area contributed by atoms with Gasteiger partial charge in [0.05, 0.1) is 20.6 Å². The lowest BCUT2D eigenvalue weighted by Gasteiger charge is -2.13. The number of phenolic OH excluding ortho intramolecular Hbond substituents is 1. The van der Waals surface area contributed by atoms with Crippen molar-refractivity contribution >= 4 is 34.8 Å². The van der Waals surface area contributed by atoms with Crippen molar-refractivity contribution in [1.82, 2.24) is 4.98 Å². The number of nitrogens with zero attached hydrogens (tertiary/aromatic N) is 1. The molecule has 2 aromatic rings. The van der Waals surface area contributed by atoms with E-state index in [0.717, 1.165) is 16.3 Å². The predicted octanol–water partition coefficient (Wildman–Crippen LogP) is 5.00. The van der Waals surface area contributed by atoms with Crippen molar-refractivity contribution in [2.75, 3.05) is 0 Å². The Morgan fingerprint density at radius 3 is 2.59 bits per heavy atom. The fourth-order valence-corrected chi connectivity index (χ4v) is 3.05. The molecule has 0 fully saturated rings. The number of rotatable bonds is 3. The molecule has 0 unspecified atom stereocenters. The van der Waals surface area contributed by atoms with Crippen LogP contribution >= 0.6 is 22.9 Å². The van der Waals surface area contributed by atoms with Crippen LogP contribution in [0.4, 0.5) is 0 Å². The third-order valence-corrected chi connectivity index (χ3v) is 4.96. The number of allylic oxidation sites excluding steroid dienone is 1. The van der Waals surface area contributed by atoms with E-state index in [4.69, 9.17) is 11.6 Å². The summed E-state index contributed by atoms with van der Waals surface area (Å²) in [4.78, 5) is 17.5. The molecule has 2 rings (SSSR count). The van der Waals surface area contributed by atoms with Crippen LogP contribution < -0.4 is 0 Å². The van der Waals surface area contributed by atoms with Crippen molar-refractivity contribution in [2.45, 2.75) is 33.1 Å². The lowest BCUT2D eigenvalue weighted by Crippen LogP contribution is -2.10. The summed E-state index contributed by atoms with van der Waals surface area (Å²) in [5.74, 6) is -0.0482. The van der Waals surface area contributed by atoms with E-state index in [2.05, 4.69) is 25.8 Å². The highest BCUT2D eigenvalue weighted by atomic mass is 35.5. The van der Waals surface area contributed by atoms with Crippen molar-refractivity contribution in [3.05, 3.63) is 50.4 Å².